The molecule has 0 fully saturated rings. The van der Waals surface area contributed by atoms with Crippen LogP contribution in [0.5, 0.6) is 5.75 Å². The fraction of sp³-hybridized carbons (Fsp3) is 0. The molecule has 0 saturated carbocycles. The van der Waals surface area contributed by atoms with Crippen molar-refractivity contribution in [1.82, 2.24) is 0 Å². The molecule has 0 amide bonds. The van der Waals surface area contributed by atoms with Gasteiger partial charge in [-0.2, -0.15) is 0 Å². The Bertz CT molecular complexity index is 559. The molecule has 1 N–H and O–H groups in total. The van der Waals surface area contributed by atoms with Gasteiger partial charge in [-0.3, -0.25) is 0 Å². The Kier molecular flexibility index (Phi) is 3.41. The summed E-state index contributed by atoms with van der Waals surface area (Å²) in [5.41, 5.74) is 2.23. The first-order valence-corrected chi connectivity index (χ1v) is 5.77. The summed E-state index contributed by atoms with van der Waals surface area (Å²) >= 11 is 11.7. The first-order valence-electron chi connectivity index (χ1n) is 5.01. The Hall–Kier alpha value is -1.44. The Morgan fingerprint density at radius 2 is 1.53 bits per heavy atom. The zero-order valence-corrected chi connectivity index (χ0v) is 10.5. The molecule has 0 radical (unpaired) electrons. The number of rotatable bonds is 2. The highest BCUT2D eigenvalue weighted by molar-refractivity contribution is 6.31. The summed E-state index contributed by atoms with van der Waals surface area (Å²) < 4.78 is 0. The van der Waals surface area contributed by atoms with Gasteiger partial charge in [0.1, 0.15) is 5.75 Å². The van der Waals surface area contributed by atoms with Gasteiger partial charge < -0.3 is 5.11 Å². The molecule has 0 unspecified atom stereocenters. The van der Waals surface area contributed by atoms with Gasteiger partial charge in [0.05, 0.1) is 0 Å². The highest BCUT2D eigenvalue weighted by Gasteiger charge is 2.08. The molecular formula is C14H10Cl2O. The number of hydrogen-bond acceptors (Lipinski definition) is 1. The minimum atomic E-state index is 0.161. The van der Waals surface area contributed by atoms with Crippen LogP contribution in [0, 0.1) is 0 Å². The van der Waals surface area contributed by atoms with Gasteiger partial charge in [0.2, 0.25) is 0 Å². The summed E-state index contributed by atoms with van der Waals surface area (Å²) in [6.45, 7) is 3.97. The van der Waals surface area contributed by atoms with E-state index in [-0.39, 0.29) is 5.75 Å². The molecule has 0 bridgehead atoms. The van der Waals surface area contributed by atoms with Crippen molar-refractivity contribution < 1.29 is 5.11 Å². The SMILES string of the molecule is C=C(c1ccc(Cl)cc1)c1cc(Cl)ccc1O. The van der Waals surface area contributed by atoms with E-state index in [9.17, 15) is 5.11 Å². The molecule has 0 spiro atoms. The molecule has 2 rings (SSSR count). The molecule has 0 aliphatic heterocycles. The number of phenolic OH excluding ortho intramolecular Hbond substituents is 1. The number of aromatic hydroxyl groups is 1. The summed E-state index contributed by atoms with van der Waals surface area (Å²) in [7, 11) is 0. The number of halogens is 2. The minimum absolute atomic E-state index is 0.161. The lowest BCUT2D eigenvalue weighted by molar-refractivity contribution is 0.473. The highest BCUT2D eigenvalue weighted by atomic mass is 35.5. The quantitative estimate of drug-likeness (QED) is 0.829. The van der Waals surface area contributed by atoms with Crippen LogP contribution in [0.1, 0.15) is 11.1 Å². The van der Waals surface area contributed by atoms with E-state index < -0.39 is 0 Å². The van der Waals surface area contributed by atoms with Crippen LogP contribution in [0.4, 0.5) is 0 Å². The molecule has 0 atom stereocenters. The molecule has 0 aromatic heterocycles. The van der Waals surface area contributed by atoms with Gasteiger partial charge in [-0.25, -0.2) is 0 Å². The fourth-order valence-electron chi connectivity index (χ4n) is 1.56. The monoisotopic (exact) mass is 264 g/mol. The smallest absolute Gasteiger partial charge is 0.123 e. The Labute approximate surface area is 110 Å². The molecule has 0 aliphatic carbocycles. The van der Waals surface area contributed by atoms with Crippen molar-refractivity contribution in [3.05, 3.63) is 70.2 Å². The van der Waals surface area contributed by atoms with Crippen LogP contribution in [0.2, 0.25) is 10.0 Å². The lowest BCUT2D eigenvalue weighted by Gasteiger charge is -2.09. The summed E-state index contributed by atoms with van der Waals surface area (Å²) in [6.07, 6.45) is 0. The van der Waals surface area contributed by atoms with Crippen LogP contribution < -0.4 is 0 Å². The van der Waals surface area contributed by atoms with Crippen molar-refractivity contribution in [2.24, 2.45) is 0 Å². The third-order valence-electron chi connectivity index (χ3n) is 2.48. The zero-order valence-electron chi connectivity index (χ0n) is 8.95. The molecular weight excluding hydrogens is 255 g/mol. The van der Waals surface area contributed by atoms with Gasteiger partial charge in [-0.15, -0.1) is 0 Å². The minimum Gasteiger partial charge on any atom is -0.507 e. The fourth-order valence-corrected chi connectivity index (χ4v) is 1.85. The highest BCUT2D eigenvalue weighted by Crippen LogP contribution is 2.31. The van der Waals surface area contributed by atoms with E-state index in [1.165, 1.54) is 0 Å². The Morgan fingerprint density at radius 3 is 2.18 bits per heavy atom. The average Bonchev–Trinajstić information content (AvgIpc) is 2.32. The van der Waals surface area contributed by atoms with Crippen molar-refractivity contribution in [1.29, 1.82) is 0 Å². The summed E-state index contributed by atoms with van der Waals surface area (Å²) in [5.74, 6) is 0.161. The van der Waals surface area contributed by atoms with E-state index in [1.54, 1.807) is 30.3 Å². The predicted molar refractivity (Wildman–Crippen MR) is 72.7 cm³/mol. The topological polar surface area (TPSA) is 20.2 Å². The molecule has 2 aromatic rings. The van der Waals surface area contributed by atoms with Gasteiger partial charge >= 0.3 is 0 Å². The van der Waals surface area contributed by atoms with Crippen molar-refractivity contribution in [2.45, 2.75) is 0 Å². The number of benzene rings is 2. The third kappa shape index (κ3) is 2.63. The molecule has 1 nitrogen and oxygen atoms in total. The lowest BCUT2D eigenvalue weighted by Crippen LogP contribution is -1.87. The van der Waals surface area contributed by atoms with E-state index in [4.69, 9.17) is 23.2 Å². The van der Waals surface area contributed by atoms with Crippen LogP contribution >= 0.6 is 23.2 Å². The molecule has 0 aliphatic rings. The van der Waals surface area contributed by atoms with Gasteiger partial charge in [-0.05, 0) is 41.5 Å². The third-order valence-corrected chi connectivity index (χ3v) is 2.96. The summed E-state index contributed by atoms with van der Waals surface area (Å²) in [4.78, 5) is 0. The molecule has 0 saturated heterocycles. The predicted octanol–water partition coefficient (Wildman–Crippen LogP) is 4.76. The van der Waals surface area contributed by atoms with E-state index in [2.05, 4.69) is 6.58 Å². The first kappa shape index (κ1) is 12.0. The van der Waals surface area contributed by atoms with E-state index in [0.717, 1.165) is 5.56 Å². The standard InChI is InChI=1S/C14H10Cl2O/c1-9(10-2-4-11(15)5-3-10)13-8-12(16)6-7-14(13)17/h2-8,17H,1H2. The number of phenols is 1. The number of hydrogen-bond donors (Lipinski definition) is 1. The molecule has 86 valence electrons. The largest absolute Gasteiger partial charge is 0.507 e. The van der Waals surface area contributed by atoms with Gasteiger partial charge in [0, 0.05) is 15.6 Å². The van der Waals surface area contributed by atoms with Crippen molar-refractivity contribution in [3.63, 3.8) is 0 Å². The van der Waals surface area contributed by atoms with Crippen molar-refractivity contribution >= 4 is 28.8 Å². The molecule has 2 aromatic carbocycles. The summed E-state index contributed by atoms with van der Waals surface area (Å²) in [5, 5.41) is 11.0. The van der Waals surface area contributed by atoms with E-state index >= 15 is 0 Å². The Balaban J connectivity index is 2.43. The van der Waals surface area contributed by atoms with Crippen LogP contribution in [0.25, 0.3) is 5.57 Å². The van der Waals surface area contributed by atoms with Gasteiger partial charge in [0.15, 0.2) is 0 Å². The molecule has 0 heterocycles. The van der Waals surface area contributed by atoms with Crippen LogP contribution in [0.3, 0.4) is 0 Å². The second kappa shape index (κ2) is 4.82. The molecule has 3 heteroatoms. The zero-order chi connectivity index (χ0) is 12.4. The lowest BCUT2D eigenvalue weighted by atomic mass is 9.99. The Morgan fingerprint density at radius 1 is 0.941 bits per heavy atom. The second-order valence-electron chi connectivity index (χ2n) is 3.65. The summed E-state index contributed by atoms with van der Waals surface area (Å²) in [6, 6.07) is 12.1. The normalized spacial score (nSPS) is 10.2. The molecule has 17 heavy (non-hydrogen) atoms. The van der Waals surface area contributed by atoms with Crippen LogP contribution in [-0.2, 0) is 0 Å². The maximum absolute atomic E-state index is 9.78. The maximum Gasteiger partial charge on any atom is 0.123 e. The van der Waals surface area contributed by atoms with Gasteiger partial charge in [-0.1, -0.05) is 41.9 Å². The first-order chi connectivity index (χ1) is 8.08. The average molecular weight is 265 g/mol. The van der Waals surface area contributed by atoms with Crippen LogP contribution in [0.15, 0.2) is 49.0 Å². The van der Waals surface area contributed by atoms with Crippen molar-refractivity contribution in [3.8, 4) is 5.75 Å². The van der Waals surface area contributed by atoms with Crippen molar-refractivity contribution in [2.75, 3.05) is 0 Å². The maximum atomic E-state index is 9.78. The van der Waals surface area contributed by atoms with E-state index in [1.807, 2.05) is 12.1 Å². The van der Waals surface area contributed by atoms with E-state index in [0.29, 0.717) is 21.2 Å². The second-order valence-corrected chi connectivity index (χ2v) is 4.52. The van der Waals surface area contributed by atoms with Crippen LogP contribution in [-0.4, -0.2) is 5.11 Å². The van der Waals surface area contributed by atoms with Gasteiger partial charge in [0.25, 0.3) is 0 Å².